The number of hydrogen-bond acceptors (Lipinski definition) is 6. The van der Waals surface area contributed by atoms with Gasteiger partial charge in [0.2, 0.25) is 10.0 Å². The number of nitriles is 1. The third-order valence-electron chi connectivity index (χ3n) is 4.18. The summed E-state index contributed by atoms with van der Waals surface area (Å²) in [5, 5.41) is 13.4. The molecule has 0 saturated heterocycles. The van der Waals surface area contributed by atoms with Crippen LogP contribution in [0.2, 0.25) is 0 Å². The van der Waals surface area contributed by atoms with Crippen molar-refractivity contribution in [2.75, 3.05) is 13.1 Å². The van der Waals surface area contributed by atoms with Gasteiger partial charge in [-0.05, 0) is 25.8 Å². The summed E-state index contributed by atoms with van der Waals surface area (Å²) in [7, 11) is -1.83. The van der Waals surface area contributed by atoms with E-state index in [1.165, 1.54) is 21.8 Å². The lowest BCUT2D eigenvalue weighted by molar-refractivity contribution is 0.440. The molecule has 3 rings (SSSR count). The zero-order valence-electron chi connectivity index (χ0n) is 13.6. The third kappa shape index (κ3) is 2.77. The van der Waals surface area contributed by atoms with Crippen LogP contribution in [0, 0.1) is 25.2 Å². The molecule has 24 heavy (non-hydrogen) atoms. The van der Waals surface area contributed by atoms with Gasteiger partial charge in [-0.15, -0.1) is 11.3 Å². The Morgan fingerprint density at radius 3 is 2.62 bits per heavy atom. The number of hydrogen-bond donors (Lipinski definition) is 0. The van der Waals surface area contributed by atoms with Gasteiger partial charge < -0.3 is 0 Å². The fourth-order valence-electron chi connectivity index (χ4n) is 2.70. The van der Waals surface area contributed by atoms with Gasteiger partial charge in [-0.2, -0.15) is 14.7 Å². The molecular weight excluding hydrogens is 346 g/mol. The van der Waals surface area contributed by atoms with Gasteiger partial charge in [0, 0.05) is 25.0 Å². The Hall–Kier alpha value is -2.02. The second kappa shape index (κ2) is 6.12. The van der Waals surface area contributed by atoms with Gasteiger partial charge in [0.05, 0.1) is 17.6 Å². The van der Waals surface area contributed by atoms with Crippen LogP contribution in [-0.4, -0.2) is 40.6 Å². The minimum Gasteiger partial charge on any atom is -0.272 e. The monoisotopic (exact) mass is 363 g/mol. The van der Waals surface area contributed by atoms with E-state index in [1.54, 1.807) is 18.7 Å². The second-order valence-electron chi connectivity index (χ2n) is 5.60. The summed E-state index contributed by atoms with van der Waals surface area (Å²) in [5.74, 6) is 0. The highest BCUT2D eigenvalue weighted by molar-refractivity contribution is 7.89. The first-order valence-corrected chi connectivity index (χ1v) is 9.66. The molecule has 1 aliphatic rings. The molecule has 1 aliphatic heterocycles. The summed E-state index contributed by atoms with van der Waals surface area (Å²) in [5.41, 5.74) is 2.43. The van der Waals surface area contributed by atoms with Crippen LogP contribution < -0.4 is 0 Å². The molecular formula is C15H17N5O2S2. The molecule has 126 valence electrons. The molecule has 0 saturated carbocycles. The molecule has 0 radical (unpaired) electrons. The van der Waals surface area contributed by atoms with Crippen molar-refractivity contribution < 1.29 is 8.42 Å². The Morgan fingerprint density at radius 2 is 2.12 bits per heavy atom. The van der Waals surface area contributed by atoms with E-state index in [2.05, 4.69) is 16.2 Å². The topological polar surface area (TPSA) is 91.9 Å². The molecule has 0 atom stereocenters. The fourth-order valence-corrected chi connectivity index (χ4v) is 5.01. The Labute approximate surface area is 144 Å². The highest BCUT2D eigenvalue weighted by atomic mass is 32.2. The Balaban J connectivity index is 1.86. The average Bonchev–Trinajstić information content (AvgIpc) is 3.11. The van der Waals surface area contributed by atoms with Crippen molar-refractivity contribution >= 4 is 26.9 Å². The molecule has 2 aromatic heterocycles. The maximum Gasteiger partial charge on any atom is 0.246 e. The molecule has 0 unspecified atom stereocenters. The highest BCUT2D eigenvalue weighted by Gasteiger charge is 2.30. The number of sulfonamides is 1. The highest BCUT2D eigenvalue weighted by Crippen LogP contribution is 2.30. The summed E-state index contributed by atoms with van der Waals surface area (Å²) in [4.78, 5) is 5.55. The van der Waals surface area contributed by atoms with Gasteiger partial charge in [-0.3, -0.25) is 4.68 Å². The third-order valence-corrected chi connectivity index (χ3v) is 7.02. The first kappa shape index (κ1) is 16.8. The lowest BCUT2D eigenvalue weighted by atomic mass is 10.1. The van der Waals surface area contributed by atoms with E-state index in [4.69, 9.17) is 5.26 Å². The molecule has 0 N–H and O–H groups in total. The first-order chi connectivity index (χ1) is 11.3. The van der Waals surface area contributed by atoms with E-state index in [9.17, 15) is 8.42 Å². The maximum atomic E-state index is 12.8. The Kier molecular flexibility index (Phi) is 4.29. The van der Waals surface area contributed by atoms with Gasteiger partial charge in [0.25, 0.3) is 0 Å². The van der Waals surface area contributed by atoms with Gasteiger partial charge in [0.15, 0.2) is 5.01 Å². The van der Waals surface area contributed by atoms with Crippen LogP contribution in [0.5, 0.6) is 0 Å². The van der Waals surface area contributed by atoms with Crippen molar-refractivity contribution in [1.29, 1.82) is 5.26 Å². The summed E-state index contributed by atoms with van der Waals surface area (Å²) in [6.45, 7) is 4.36. The van der Waals surface area contributed by atoms with Crippen LogP contribution in [-0.2, 0) is 17.1 Å². The minimum absolute atomic E-state index is 0.249. The van der Waals surface area contributed by atoms with E-state index in [1.807, 2.05) is 13.0 Å². The van der Waals surface area contributed by atoms with Crippen molar-refractivity contribution in [2.24, 2.45) is 7.05 Å². The van der Waals surface area contributed by atoms with Crippen LogP contribution in [0.15, 0.2) is 17.2 Å². The number of nitrogens with zero attached hydrogens (tertiary/aromatic N) is 5. The van der Waals surface area contributed by atoms with Gasteiger partial charge >= 0.3 is 0 Å². The standard InChI is InChI=1S/C15H17N5O2S2/c1-10-13(9-17-19(10)3)24(21,22)20-6-4-12(5-7-20)15-11(2)23-14(8-16)18-15/h4,9H,5-7H2,1-3H3. The fraction of sp³-hybridized carbons (Fsp3) is 0.400. The van der Waals surface area contributed by atoms with E-state index in [0.717, 1.165) is 16.1 Å². The Bertz CT molecular complexity index is 963. The molecule has 0 aliphatic carbocycles. The van der Waals surface area contributed by atoms with Gasteiger partial charge in [-0.1, -0.05) is 6.08 Å². The molecule has 0 bridgehead atoms. The summed E-state index contributed by atoms with van der Waals surface area (Å²) in [6.07, 6.45) is 3.86. The first-order valence-electron chi connectivity index (χ1n) is 7.40. The van der Waals surface area contributed by atoms with E-state index < -0.39 is 10.0 Å². The largest absolute Gasteiger partial charge is 0.272 e. The lowest BCUT2D eigenvalue weighted by Crippen LogP contribution is -2.35. The van der Waals surface area contributed by atoms with Crippen LogP contribution in [0.4, 0.5) is 0 Å². The van der Waals surface area contributed by atoms with Gasteiger partial charge in [-0.25, -0.2) is 13.4 Å². The quantitative estimate of drug-likeness (QED) is 0.830. The predicted molar refractivity (Wildman–Crippen MR) is 90.9 cm³/mol. The van der Waals surface area contributed by atoms with E-state index in [-0.39, 0.29) is 4.90 Å². The number of rotatable bonds is 3. The average molecular weight is 363 g/mol. The number of aromatic nitrogens is 3. The molecule has 0 aromatic carbocycles. The summed E-state index contributed by atoms with van der Waals surface area (Å²) < 4.78 is 28.5. The molecule has 2 aromatic rings. The molecule has 9 heteroatoms. The zero-order chi connectivity index (χ0) is 17.5. The lowest BCUT2D eigenvalue weighted by Gasteiger charge is -2.25. The number of thiazole rings is 1. The summed E-state index contributed by atoms with van der Waals surface area (Å²) >= 11 is 1.36. The van der Waals surface area contributed by atoms with Crippen LogP contribution in [0.25, 0.3) is 5.57 Å². The smallest absolute Gasteiger partial charge is 0.246 e. The molecule has 0 spiro atoms. The molecule has 7 nitrogen and oxygen atoms in total. The zero-order valence-corrected chi connectivity index (χ0v) is 15.3. The van der Waals surface area contributed by atoms with Crippen LogP contribution in [0.3, 0.4) is 0 Å². The molecule has 0 amide bonds. The predicted octanol–water partition coefficient (Wildman–Crippen LogP) is 1.84. The van der Waals surface area contributed by atoms with Crippen LogP contribution in [0.1, 0.15) is 27.7 Å². The van der Waals surface area contributed by atoms with E-state index >= 15 is 0 Å². The minimum atomic E-state index is -3.55. The van der Waals surface area contributed by atoms with Crippen LogP contribution >= 0.6 is 11.3 Å². The van der Waals surface area contributed by atoms with Crippen molar-refractivity contribution in [3.8, 4) is 6.07 Å². The second-order valence-corrected chi connectivity index (χ2v) is 8.71. The Morgan fingerprint density at radius 1 is 1.38 bits per heavy atom. The molecule has 3 heterocycles. The van der Waals surface area contributed by atoms with Crippen molar-refractivity contribution in [3.05, 3.63) is 33.5 Å². The van der Waals surface area contributed by atoms with Crippen molar-refractivity contribution in [1.82, 2.24) is 19.1 Å². The van der Waals surface area contributed by atoms with Gasteiger partial charge in [0.1, 0.15) is 11.0 Å². The SMILES string of the molecule is Cc1sc(C#N)nc1C1=CCN(S(=O)(=O)c2cnn(C)c2C)CC1. The van der Waals surface area contributed by atoms with E-state index in [0.29, 0.717) is 30.2 Å². The maximum absolute atomic E-state index is 12.8. The molecule has 0 fully saturated rings. The summed E-state index contributed by atoms with van der Waals surface area (Å²) in [6, 6.07) is 2.05. The van der Waals surface area contributed by atoms with Crippen molar-refractivity contribution in [3.63, 3.8) is 0 Å². The normalized spacial score (nSPS) is 16.0. The van der Waals surface area contributed by atoms with Crippen molar-refractivity contribution in [2.45, 2.75) is 25.2 Å². The number of aryl methyl sites for hydroxylation is 2.